The van der Waals surface area contributed by atoms with Crippen LogP contribution in [-0.2, 0) is 11.3 Å². The number of hydrogen-bond acceptors (Lipinski definition) is 2. The fourth-order valence-electron chi connectivity index (χ4n) is 2.61. The number of rotatable bonds is 4. The van der Waals surface area contributed by atoms with Crippen molar-refractivity contribution in [1.82, 2.24) is 10.2 Å². The van der Waals surface area contributed by atoms with E-state index in [-0.39, 0.29) is 18.5 Å². The average molecular weight is 315 g/mol. The number of carbonyl (C=O) groups excluding carboxylic acids is 2. The van der Waals surface area contributed by atoms with Crippen LogP contribution in [0.25, 0.3) is 0 Å². The predicted octanol–water partition coefficient (Wildman–Crippen LogP) is 3.60. The second kappa shape index (κ2) is 5.62. The van der Waals surface area contributed by atoms with Crippen molar-refractivity contribution in [2.45, 2.75) is 38.8 Å². The van der Waals surface area contributed by atoms with E-state index in [1.54, 1.807) is 23.1 Å². The third-order valence-corrected chi connectivity index (χ3v) is 4.51. The van der Waals surface area contributed by atoms with Crippen LogP contribution >= 0.6 is 23.2 Å². The van der Waals surface area contributed by atoms with Crippen molar-refractivity contribution >= 4 is 35.1 Å². The van der Waals surface area contributed by atoms with Crippen molar-refractivity contribution in [3.8, 4) is 0 Å². The number of hydrogen-bond donors (Lipinski definition) is 1. The van der Waals surface area contributed by atoms with Gasteiger partial charge in [0.1, 0.15) is 5.54 Å². The van der Waals surface area contributed by atoms with Gasteiger partial charge in [0.05, 0.1) is 6.54 Å². The molecule has 0 aliphatic carbocycles. The Kier molecular flexibility index (Phi) is 4.25. The summed E-state index contributed by atoms with van der Waals surface area (Å²) in [6.07, 6.45) is 1.11. The average Bonchev–Trinajstić information content (AvgIpc) is 2.65. The van der Waals surface area contributed by atoms with Crippen LogP contribution in [0.15, 0.2) is 18.2 Å². The molecule has 0 atom stereocenters. The molecule has 4 nitrogen and oxygen atoms in total. The Balaban J connectivity index is 2.37. The van der Waals surface area contributed by atoms with E-state index in [0.717, 1.165) is 5.56 Å². The van der Waals surface area contributed by atoms with Crippen LogP contribution in [0.2, 0.25) is 10.0 Å². The molecule has 3 amide bonds. The van der Waals surface area contributed by atoms with Crippen molar-refractivity contribution in [3.63, 3.8) is 0 Å². The zero-order valence-electron chi connectivity index (χ0n) is 11.4. The van der Waals surface area contributed by atoms with Crippen LogP contribution in [-0.4, -0.2) is 22.4 Å². The van der Waals surface area contributed by atoms with Crippen molar-refractivity contribution in [2.75, 3.05) is 0 Å². The minimum absolute atomic E-state index is 0.245. The second-order valence-corrected chi connectivity index (χ2v) is 5.66. The Hall–Kier alpha value is -1.26. The minimum atomic E-state index is -0.803. The van der Waals surface area contributed by atoms with E-state index < -0.39 is 5.54 Å². The van der Waals surface area contributed by atoms with E-state index in [1.165, 1.54) is 0 Å². The summed E-state index contributed by atoms with van der Waals surface area (Å²) in [7, 11) is 0. The Morgan fingerprint density at radius 3 is 2.45 bits per heavy atom. The Morgan fingerprint density at radius 1 is 1.20 bits per heavy atom. The standard InChI is InChI=1S/C14H16Cl2N2O2/c1-3-14(4-2)12(19)17-13(20)18(14)8-9-7-10(15)5-6-11(9)16/h5-7H,3-4,8H2,1-2H3,(H,17,19,20). The number of halogens is 2. The SMILES string of the molecule is CCC1(CC)C(=O)NC(=O)N1Cc1cc(Cl)ccc1Cl. The Labute approximate surface area is 128 Å². The largest absolute Gasteiger partial charge is 0.325 e. The highest BCUT2D eigenvalue weighted by Gasteiger charge is 2.50. The third kappa shape index (κ3) is 2.38. The van der Waals surface area contributed by atoms with Gasteiger partial charge in [0.15, 0.2) is 0 Å². The molecule has 0 saturated carbocycles. The van der Waals surface area contributed by atoms with Gasteiger partial charge in [-0.2, -0.15) is 0 Å². The maximum atomic E-state index is 12.1. The van der Waals surface area contributed by atoms with E-state index >= 15 is 0 Å². The van der Waals surface area contributed by atoms with E-state index in [9.17, 15) is 9.59 Å². The normalized spacial score (nSPS) is 17.5. The fraction of sp³-hybridized carbons (Fsp3) is 0.429. The number of urea groups is 1. The molecule has 1 N–H and O–H groups in total. The first kappa shape index (κ1) is 15.1. The summed E-state index contributed by atoms with van der Waals surface area (Å²) in [6.45, 7) is 4.06. The molecule has 1 saturated heterocycles. The molecule has 6 heteroatoms. The summed E-state index contributed by atoms with van der Waals surface area (Å²) in [4.78, 5) is 25.7. The topological polar surface area (TPSA) is 49.4 Å². The van der Waals surface area contributed by atoms with Gasteiger partial charge in [-0.1, -0.05) is 37.0 Å². The van der Waals surface area contributed by atoms with Crippen LogP contribution in [0, 0.1) is 0 Å². The second-order valence-electron chi connectivity index (χ2n) is 4.82. The quantitative estimate of drug-likeness (QED) is 0.863. The number of amides is 3. The van der Waals surface area contributed by atoms with Gasteiger partial charge in [0.25, 0.3) is 5.91 Å². The summed E-state index contributed by atoms with van der Waals surface area (Å²) >= 11 is 12.1. The smallest absolute Gasteiger partial charge is 0.305 e. The highest BCUT2D eigenvalue weighted by molar-refractivity contribution is 6.33. The molecular formula is C14H16Cl2N2O2. The van der Waals surface area contributed by atoms with Crippen LogP contribution in [0.5, 0.6) is 0 Å². The van der Waals surface area contributed by atoms with E-state index in [4.69, 9.17) is 23.2 Å². The third-order valence-electron chi connectivity index (χ3n) is 3.91. The Bertz CT molecular complexity index is 556. The fourth-order valence-corrected chi connectivity index (χ4v) is 2.98. The van der Waals surface area contributed by atoms with Gasteiger partial charge in [-0.3, -0.25) is 10.1 Å². The predicted molar refractivity (Wildman–Crippen MR) is 78.9 cm³/mol. The molecule has 0 unspecified atom stereocenters. The van der Waals surface area contributed by atoms with Gasteiger partial charge in [0.2, 0.25) is 0 Å². The van der Waals surface area contributed by atoms with Crippen LogP contribution in [0.3, 0.4) is 0 Å². The molecule has 1 aliphatic rings. The molecule has 0 aromatic heterocycles. The zero-order chi connectivity index (χ0) is 14.9. The van der Waals surface area contributed by atoms with Gasteiger partial charge in [-0.25, -0.2) is 4.79 Å². The molecular weight excluding hydrogens is 299 g/mol. The molecule has 1 heterocycles. The number of imide groups is 1. The summed E-state index contributed by atoms with van der Waals surface area (Å²) in [5, 5.41) is 3.47. The lowest BCUT2D eigenvalue weighted by Gasteiger charge is -2.33. The monoisotopic (exact) mass is 314 g/mol. The molecule has 1 fully saturated rings. The summed E-state index contributed by atoms with van der Waals surface area (Å²) < 4.78 is 0. The Morgan fingerprint density at radius 2 is 1.85 bits per heavy atom. The summed E-state index contributed by atoms with van der Waals surface area (Å²) in [5.41, 5.74) is -0.0711. The van der Waals surface area contributed by atoms with E-state index in [1.807, 2.05) is 13.8 Å². The van der Waals surface area contributed by atoms with Crippen LogP contribution in [0.4, 0.5) is 4.79 Å². The lowest BCUT2D eigenvalue weighted by molar-refractivity contribution is -0.127. The molecule has 1 aromatic carbocycles. The molecule has 2 rings (SSSR count). The maximum Gasteiger partial charge on any atom is 0.325 e. The van der Waals surface area contributed by atoms with Crippen molar-refractivity contribution in [2.24, 2.45) is 0 Å². The van der Waals surface area contributed by atoms with Gasteiger partial charge < -0.3 is 4.90 Å². The van der Waals surface area contributed by atoms with Gasteiger partial charge in [-0.05, 0) is 36.6 Å². The first-order valence-corrected chi connectivity index (χ1v) is 7.27. The molecule has 0 radical (unpaired) electrons. The summed E-state index contributed by atoms with van der Waals surface area (Å²) in [5.74, 6) is -0.245. The van der Waals surface area contributed by atoms with E-state index in [0.29, 0.717) is 22.9 Å². The van der Waals surface area contributed by atoms with Crippen molar-refractivity contribution in [1.29, 1.82) is 0 Å². The first-order valence-electron chi connectivity index (χ1n) is 6.51. The molecule has 108 valence electrons. The number of carbonyl (C=O) groups is 2. The van der Waals surface area contributed by atoms with Gasteiger partial charge >= 0.3 is 6.03 Å². The zero-order valence-corrected chi connectivity index (χ0v) is 12.9. The molecule has 1 aliphatic heterocycles. The summed E-state index contributed by atoms with van der Waals surface area (Å²) in [6, 6.07) is 4.72. The molecule has 0 spiro atoms. The van der Waals surface area contributed by atoms with Crippen LogP contribution < -0.4 is 5.32 Å². The van der Waals surface area contributed by atoms with Gasteiger partial charge in [0, 0.05) is 10.0 Å². The number of nitrogens with zero attached hydrogens (tertiary/aromatic N) is 1. The lowest BCUT2D eigenvalue weighted by atomic mass is 9.91. The maximum absolute atomic E-state index is 12.1. The van der Waals surface area contributed by atoms with Gasteiger partial charge in [-0.15, -0.1) is 0 Å². The van der Waals surface area contributed by atoms with Crippen molar-refractivity contribution < 1.29 is 9.59 Å². The molecule has 20 heavy (non-hydrogen) atoms. The minimum Gasteiger partial charge on any atom is -0.305 e. The van der Waals surface area contributed by atoms with Crippen molar-refractivity contribution in [3.05, 3.63) is 33.8 Å². The molecule has 0 bridgehead atoms. The highest BCUT2D eigenvalue weighted by Crippen LogP contribution is 2.32. The number of benzene rings is 1. The van der Waals surface area contributed by atoms with E-state index in [2.05, 4.69) is 5.32 Å². The highest BCUT2D eigenvalue weighted by atomic mass is 35.5. The van der Waals surface area contributed by atoms with Crippen LogP contribution in [0.1, 0.15) is 32.3 Å². The lowest BCUT2D eigenvalue weighted by Crippen LogP contribution is -2.48. The first-order chi connectivity index (χ1) is 9.44. The molecule has 1 aromatic rings. The number of nitrogens with one attached hydrogen (secondary N) is 1.